The Morgan fingerprint density at radius 2 is 1.48 bits per heavy atom. The van der Waals surface area contributed by atoms with Crippen LogP contribution in [0.4, 0.5) is 17.1 Å². The van der Waals surface area contributed by atoms with E-state index in [0.29, 0.717) is 24.3 Å². The molecule has 2 N–H and O–H groups in total. The van der Waals surface area contributed by atoms with Crippen LogP contribution in [0.25, 0.3) is 0 Å². The molecule has 0 heterocycles. The number of hydrogen-bond acceptors (Lipinski definition) is 3. The molecule has 0 saturated heterocycles. The fourth-order valence-electron chi connectivity index (χ4n) is 4.47. The highest BCUT2D eigenvalue weighted by Gasteiger charge is 2.23. The Labute approximate surface area is 200 Å². The fraction of sp³-hybridized carbons (Fsp3) is 0.400. The molecule has 33 heavy (non-hydrogen) atoms. The Bertz CT molecular complexity index is 1030. The summed E-state index contributed by atoms with van der Waals surface area (Å²) in [6, 6.07) is 23.4. The van der Waals surface area contributed by atoms with Crippen LogP contribution >= 0.6 is 0 Å². The first-order valence-electron chi connectivity index (χ1n) is 12.1. The number of anilines is 3. The van der Waals surface area contributed by atoms with Crippen molar-refractivity contribution in [3.8, 4) is 5.75 Å². The average Bonchev–Trinajstić information content (AvgIpc) is 2.74. The summed E-state index contributed by atoms with van der Waals surface area (Å²) in [7, 11) is 0. The molecule has 3 rings (SSSR count). The molecular weight excluding hydrogens is 404 g/mol. The third kappa shape index (κ3) is 6.54. The topological polar surface area (TPSA) is 35.5 Å². The van der Waals surface area contributed by atoms with Gasteiger partial charge in [-0.05, 0) is 73.6 Å². The monoisotopic (exact) mass is 444 g/mol. The van der Waals surface area contributed by atoms with Gasteiger partial charge in [-0.3, -0.25) is 0 Å². The SMILES string of the molecule is Cc1cc(CN(c2ccc(Nc3ccccc3)cc2)C(C)CC(C)C)c(O)c(C(C)(C)C)c1. The van der Waals surface area contributed by atoms with Gasteiger partial charge in [0.15, 0.2) is 0 Å². The predicted molar refractivity (Wildman–Crippen MR) is 143 cm³/mol. The van der Waals surface area contributed by atoms with Gasteiger partial charge in [-0.1, -0.05) is 70.5 Å². The number of phenols is 1. The molecule has 0 aliphatic heterocycles. The Hall–Kier alpha value is -2.94. The Morgan fingerprint density at radius 1 is 0.879 bits per heavy atom. The van der Waals surface area contributed by atoms with Crippen molar-refractivity contribution in [1.29, 1.82) is 0 Å². The van der Waals surface area contributed by atoms with Crippen LogP contribution in [-0.2, 0) is 12.0 Å². The van der Waals surface area contributed by atoms with Gasteiger partial charge in [-0.15, -0.1) is 0 Å². The van der Waals surface area contributed by atoms with Crippen molar-refractivity contribution < 1.29 is 5.11 Å². The lowest BCUT2D eigenvalue weighted by molar-refractivity contribution is 0.434. The van der Waals surface area contributed by atoms with Gasteiger partial charge in [-0.25, -0.2) is 0 Å². The van der Waals surface area contributed by atoms with Gasteiger partial charge in [0, 0.05) is 35.2 Å². The molecule has 1 unspecified atom stereocenters. The number of nitrogens with zero attached hydrogens (tertiary/aromatic N) is 1. The quantitative estimate of drug-likeness (QED) is 0.368. The molecular formula is C30H40N2O. The molecule has 3 heteroatoms. The van der Waals surface area contributed by atoms with E-state index < -0.39 is 0 Å². The van der Waals surface area contributed by atoms with Crippen molar-refractivity contribution in [2.24, 2.45) is 5.92 Å². The van der Waals surface area contributed by atoms with Gasteiger partial charge in [0.2, 0.25) is 0 Å². The minimum Gasteiger partial charge on any atom is -0.507 e. The van der Waals surface area contributed by atoms with Crippen molar-refractivity contribution in [3.05, 3.63) is 83.4 Å². The molecule has 0 bridgehead atoms. The maximum Gasteiger partial charge on any atom is 0.124 e. The second-order valence-electron chi connectivity index (χ2n) is 10.7. The van der Waals surface area contributed by atoms with Crippen LogP contribution < -0.4 is 10.2 Å². The minimum atomic E-state index is -0.107. The number of hydrogen-bond donors (Lipinski definition) is 2. The molecule has 176 valence electrons. The lowest BCUT2D eigenvalue weighted by atomic mass is 9.84. The number of phenolic OH excluding ortho intramolecular Hbond substituents is 1. The van der Waals surface area contributed by atoms with E-state index in [4.69, 9.17) is 0 Å². The summed E-state index contributed by atoms with van der Waals surface area (Å²) in [4.78, 5) is 2.42. The molecule has 0 aliphatic rings. The van der Waals surface area contributed by atoms with Crippen LogP contribution in [0.1, 0.15) is 64.7 Å². The molecule has 0 radical (unpaired) electrons. The lowest BCUT2D eigenvalue weighted by Gasteiger charge is -2.34. The maximum atomic E-state index is 11.2. The number of aromatic hydroxyl groups is 1. The first-order chi connectivity index (χ1) is 15.5. The highest BCUT2D eigenvalue weighted by atomic mass is 16.3. The fourth-order valence-corrected chi connectivity index (χ4v) is 4.47. The van der Waals surface area contributed by atoms with E-state index in [-0.39, 0.29) is 5.41 Å². The van der Waals surface area contributed by atoms with Crippen LogP contribution in [0.3, 0.4) is 0 Å². The standard InChI is InChI=1S/C30H40N2O/c1-21(2)17-23(4)32(20-24-18-22(3)19-28(29(24)33)30(5,6)7)27-15-13-26(14-16-27)31-25-11-9-8-10-12-25/h8-16,18-19,21,23,31,33H,17,20H2,1-7H3. The van der Waals surface area contributed by atoms with Crippen molar-refractivity contribution >= 4 is 17.1 Å². The van der Waals surface area contributed by atoms with E-state index in [1.165, 1.54) is 11.3 Å². The normalized spacial score (nSPS) is 12.6. The zero-order valence-corrected chi connectivity index (χ0v) is 21.3. The number of rotatable bonds is 8. The summed E-state index contributed by atoms with van der Waals surface area (Å²) in [5.74, 6) is 1.02. The van der Waals surface area contributed by atoms with Gasteiger partial charge >= 0.3 is 0 Å². The molecule has 3 nitrogen and oxygen atoms in total. The molecule has 0 fully saturated rings. The molecule has 3 aromatic carbocycles. The highest BCUT2D eigenvalue weighted by molar-refractivity contribution is 5.63. The summed E-state index contributed by atoms with van der Waals surface area (Å²) in [5.41, 5.74) is 6.39. The number of nitrogens with one attached hydrogen (secondary N) is 1. The predicted octanol–water partition coefficient (Wildman–Crippen LogP) is 8.18. The Balaban J connectivity index is 1.92. The minimum absolute atomic E-state index is 0.107. The maximum absolute atomic E-state index is 11.2. The van der Waals surface area contributed by atoms with Gasteiger partial charge in [0.05, 0.1) is 0 Å². The second-order valence-corrected chi connectivity index (χ2v) is 10.7. The summed E-state index contributed by atoms with van der Waals surface area (Å²) in [6.45, 7) is 16.1. The van der Waals surface area contributed by atoms with Crippen LogP contribution in [0.5, 0.6) is 5.75 Å². The summed E-state index contributed by atoms with van der Waals surface area (Å²) < 4.78 is 0. The van der Waals surface area contributed by atoms with Crippen LogP contribution in [-0.4, -0.2) is 11.1 Å². The smallest absolute Gasteiger partial charge is 0.124 e. The zero-order chi connectivity index (χ0) is 24.2. The van der Waals surface area contributed by atoms with Crippen LogP contribution in [0.2, 0.25) is 0 Å². The number of para-hydroxylation sites is 1. The zero-order valence-electron chi connectivity index (χ0n) is 21.3. The van der Waals surface area contributed by atoms with Gasteiger partial charge in [-0.2, -0.15) is 0 Å². The first kappa shape index (κ1) is 24.7. The molecule has 0 spiro atoms. The van der Waals surface area contributed by atoms with E-state index in [1.54, 1.807) is 0 Å². The van der Waals surface area contributed by atoms with Crippen molar-refractivity contribution in [3.63, 3.8) is 0 Å². The molecule has 0 amide bonds. The van der Waals surface area contributed by atoms with Crippen molar-refractivity contribution in [1.82, 2.24) is 0 Å². The van der Waals surface area contributed by atoms with Crippen molar-refractivity contribution in [2.75, 3.05) is 10.2 Å². The molecule has 0 aromatic heterocycles. The van der Waals surface area contributed by atoms with E-state index >= 15 is 0 Å². The van der Waals surface area contributed by atoms with E-state index in [0.717, 1.165) is 28.9 Å². The highest BCUT2D eigenvalue weighted by Crippen LogP contribution is 2.36. The molecule has 1 atom stereocenters. The summed E-state index contributed by atoms with van der Waals surface area (Å²) in [5, 5.41) is 14.6. The first-order valence-corrected chi connectivity index (χ1v) is 12.1. The molecule has 3 aromatic rings. The Morgan fingerprint density at radius 3 is 2.06 bits per heavy atom. The van der Waals surface area contributed by atoms with Crippen LogP contribution in [0.15, 0.2) is 66.7 Å². The third-order valence-electron chi connectivity index (χ3n) is 6.09. The number of aryl methyl sites for hydroxylation is 1. The van der Waals surface area contributed by atoms with Gasteiger partial charge in [0.1, 0.15) is 5.75 Å². The third-order valence-corrected chi connectivity index (χ3v) is 6.09. The van der Waals surface area contributed by atoms with Gasteiger partial charge < -0.3 is 15.3 Å². The summed E-state index contributed by atoms with van der Waals surface area (Å²) >= 11 is 0. The van der Waals surface area contributed by atoms with E-state index in [9.17, 15) is 5.11 Å². The average molecular weight is 445 g/mol. The van der Waals surface area contributed by atoms with Crippen molar-refractivity contribution in [2.45, 2.75) is 72.9 Å². The lowest BCUT2D eigenvalue weighted by Crippen LogP contribution is -2.33. The Kier molecular flexibility index (Phi) is 7.73. The van der Waals surface area contributed by atoms with Gasteiger partial charge in [0.25, 0.3) is 0 Å². The van der Waals surface area contributed by atoms with Crippen LogP contribution in [0, 0.1) is 12.8 Å². The van der Waals surface area contributed by atoms with E-state index in [2.05, 4.69) is 107 Å². The number of benzene rings is 3. The van der Waals surface area contributed by atoms with E-state index in [1.807, 2.05) is 18.2 Å². The second kappa shape index (κ2) is 10.3. The summed E-state index contributed by atoms with van der Waals surface area (Å²) in [6.07, 6.45) is 1.09. The molecule has 0 aliphatic carbocycles. The molecule has 0 saturated carbocycles. The largest absolute Gasteiger partial charge is 0.507 e.